The summed E-state index contributed by atoms with van der Waals surface area (Å²) in [5, 5.41) is 8.26. The van der Waals surface area contributed by atoms with E-state index in [1.807, 2.05) is 6.07 Å². The molecule has 2 aromatic heterocycles. The number of fused-ring (bicyclic) bond motifs is 6. The molecule has 0 saturated carbocycles. The van der Waals surface area contributed by atoms with Crippen molar-refractivity contribution in [3.8, 4) is 50.2 Å². The van der Waals surface area contributed by atoms with E-state index in [9.17, 15) is 0 Å². The predicted molar refractivity (Wildman–Crippen MR) is 240 cm³/mol. The molecule has 2 heterocycles. The molecule has 0 aliphatic rings. The summed E-state index contributed by atoms with van der Waals surface area (Å²) in [6.07, 6.45) is 0. The van der Waals surface area contributed by atoms with Gasteiger partial charge in [-0.3, -0.25) is 0 Å². The highest BCUT2D eigenvalue weighted by Crippen LogP contribution is 2.45. The van der Waals surface area contributed by atoms with Crippen LogP contribution in [-0.4, -0.2) is 4.57 Å². The molecule has 0 atom stereocenters. The van der Waals surface area contributed by atoms with E-state index in [1.165, 1.54) is 33.0 Å². The van der Waals surface area contributed by atoms with Crippen molar-refractivity contribution in [3.63, 3.8) is 0 Å². The Morgan fingerprint density at radius 3 is 1.81 bits per heavy atom. The number of furan rings is 1. The van der Waals surface area contributed by atoms with Crippen molar-refractivity contribution in [3.05, 3.63) is 212 Å². The summed E-state index contributed by atoms with van der Waals surface area (Å²) in [4.78, 5) is 0. The summed E-state index contributed by atoms with van der Waals surface area (Å²) >= 11 is 0. The summed E-state index contributed by atoms with van der Waals surface area (Å²) in [7, 11) is 0. The molecule has 9 aromatic carbocycles. The molecule has 0 unspecified atom stereocenters. The molecule has 0 spiro atoms. The Balaban J connectivity index is 1.07. The molecule has 268 valence electrons. The van der Waals surface area contributed by atoms with Crippen molar-refractivity contribution in [1.29, 1.82) is 0 Å². The van der Waals surface area contributed by atoms with Crippen molar-refractivity contribution in [2.45, 2.75) is 0 Å². The average Bonchev–Trinajstić information content (AvgIpc) is 3.84. The number of para-hydroxylation sites is 4. The maximum absolute atomic E-state index is 6.87. The molecule has 0 saturated heterocycles. The van der Waals surface area contributed by atoms with E-state index >= 15 is 0 Å². The number of anilines is 2. The summed E-state index contributed by atoms with van der Waals surface area (Å²) in [5.41, 5.74) is 16.6. The maximum Gasteiger partial charge on any atom is 0.160 e. The Hall–Kier alpha value is -7.62. The first-order valence-electron chi connectivity index (χ1n) is 19.4. The van der Waals surface area contributed by atoms with Gasteiger partial charge in [-0.2, -0.15) is 0 Å². The minimum absolute atomic E-state index is 0.874. The minimum Gasteiger partial charge on any atom is -0.454 e. The van der Waals surface area contributed by atoms with Crippen molar-refractivity contribution in [1.82, 2.24) is 4.57 Å². The summed E-state index contributed by atoms with van der Waals surface area (Å²) in [5.74, 6) is 0. The van der Waals surface area contributed by atoms with Gasteiger partial charge in [-0.15, -0.1) is 0 Å². The van der Waals surface area contributed by atoms with Crippen LogP contribution in [-0.2, 0) is 0 Å². The van der Waals surface area contributed by atoms with E-state index in [4.69, 9.17) is 4.42 Å². The second kappa shape index (κ2) is 13.6. The Bertz CT molecular complexity index is 3250. The molecular formula is C54H36N2O. The molecule has 1 N–H and O–H groups in total. The third kappa shape index (κ3) is 5.60. The molecule has 11 aromatic rings. The largest absolute Gasteiger partial charge is 0.454 e. The van der Waals surface area contributed by atoms with Crippen molar-refractivity contribution in [2.75, 3.05) is 5.32 Å². The number of aromatic nitrogens is 1. The van der Waals surface area contributed by atoms with Gasteiger partial charge in [-0.05, 0) is 87.5 Å². The molecule has 57 heavy (non-hydrogen) atoms. The van der Waals surface area contributed by atoms with Crippen LogP contribution in [0.3, 0.4) is 0 Å². The lowest BCUT2D eigenvalue weighted by Crippen LogP contribution is -1.95. The van der Waals surface area contributed by atoms with E-state index in [1.54, 1.807) is 0 Å². The summed E-state index contributed by atoms with van der Waals surface area (Å²) in [6, 6.07) is 75.6. The van der Waals surface area contributed by atoms with E-state index < -0.39 is 0 Å². The van der Waals surface area contributed by atoms with E-state index in [0.29, 0.717) is 0 Å². The van der Waals surface area contributed by atoms with Crippen molar-refractivity contribution in [2.24, 2.45) is 0 Å². The van der Waals surface area contributed by atoms with Gasteiger partial charge in [0, 0.05) is 38.5 Å². The van der Waals surface area contributed by atoms with Crippen LogP contribution in [0.5, 0.6) is 0 Å². The number of nitrogens with zero attached hydrogens (tertiary/aromatic N) is 1. The monoisotopic (exact) mass is 728 g/mol. The van der Waals surface area contributed by atoms with Gasteiger partial charge in [0.2, 0.25) is 0 Å². The van der Waals surface area contributed by atoms with Crippen LogP contribution < -0.4 is 5.32 Å². The molecule has 0 bridgehead atoms. The lowest BCUT2D eigenvalue weighted by Gasteiger charge is -2.14. The third-order valence-electron chi connectivity index (χ3n) is 11.2. The Morgan fingerprint density at radius 2 is 0.965 bits per heavy atom. The number of hydrogen-bond donors (Lipinski definition) is 1. The van der Waals surface area contributed by atoms with Gasteiger partial charge in [-0.1, -0.05) is 164 Å². The van der Waals surface area contributed by atoms with Gasteiger partial charge in [0.1, 0.15) is 5.58 Å². The molecule has 3 heteroatoms. The number of rotatable bonds is 7. The van der Waals surface area contributed by atoms with Crippen molar-refractivity contribution >= 4 is 55.1 Å². The lowest BCUT2D eigenvalue weighted by atomic mass is 9.95. The highest BCUT2D eigenvalue weighted by atomic mass is 16.3. The SMILES string of the molecule is c1ccc(Nc2ccccc2-c2ccc(-c3cccc4c3c3ccccc3n4-c3ccc(-c4cccc(-c5ccccc5)c4)c4c3oc3ccccc34)cc2)cc1. The Kier molecular flexibility index (Phi) is 7.82. The van der Waals surface area contributed by atoms with Crippen LogP contribution in [0, 0.1) is 0 Å². The first kappa shape index (κ1) is 32.8. The Labute approximate surface area is 330 Å². The average molecular weight is 729 g/mol. The van der Waals surface area contributed by atoms with Crippen LogP contribution in [0.15, 0.2) is 217 Å². The fourth-order valence-corrected chi connectivity index (χ4v) is 8.60. The third-order valence-corrected chi connectivity index (χ3v) is 11.2. The van der Waals surface area contributed by atoms with E-state index in [0.717, 1.165) is 72.3 Å². The van der Waals surface area contributed by atoms with Gasteiger partial charge in [0.25, 0.3) is 0 Å². The van der Waals surface area contributed by atoms with Gasteiger partial charge in [-0.25, -0.2) is 0 Å². The molecule has 0 radical (unpaired) electrons. The fraction of sp³-hybridized carbons (Fsp3) is 0. The molecule has 0 fully saturated rings. The number of benzene rings is 9. The number of nitrogens with one attached hydrogen (secondary N) is 1. The second-order valence-corrected chi connectivity index (χ2v) is 14.5. The minimum atomic E-state index is 0.874. The summed E-state index contributed by atoms with van der Waals surface area (Å²) in [6.45, 7) is 0. The zero-order valence-corrected chi connectivity index (χ0v) is 31.1. The van der Waals surface area contributed by atoms with Gasteiger partial charge < -0.3 is 14.3 Å². The molecule has 0 aliphatic carbocycles. The topological polar surface area (TPSA) is 30.1 Å². The van der Waals surface area contributed by atoms with Gasteiger partial charge in [0.15, 0.2) is 5.58 Å². The Morgan fingerprint density at radius 1 is 0.368 bits per heavy atom. The van der Waals surface area contributed by atoms with Crippen LogP contribution in [0.2, 0.25) is 0 Å². The second-order valence-electron chi connectivity index (χ2n) is 14.5. The van der Waals surface area contributed by atoms with Gasteiger partial charge >= 0.3 is 0 Å². The highest BCUT2D eigenvalue weighted by Gasteiger charge is 2.22. The molecule has 3 nitrogen and oxygen atoms in total. The van der Waals surface area contributed by atoms with E-state index in [2.05, 4.69) is 216 Å². The molecule has 0 amide bonds. The molecule has 0 aliphatic heterocycles. The molecule has 11 rings (SSSR count). The normalized spacial score (nSPS) is 11.5. The van der Waals surface area contributed by atoms with Crippen molar-refractivity contribution < 1.29 is 4.42 Å². The smallest absolute Gasteiger partial charge is 0.160 e. The first-order chi connectivity index (χ1) is 28.3. The standard InChI is InChI=1S/C54H36N2O/c1-3-15-36(16-4-1)39-17-13-18-40(35-39)44-33-34-50(54-53(44)46-23-9-12-28-51(46)57-54)56-48-26-11-8-22-45(48)52-43(24-14-27-49(52)56)38-31-29-37(30-32-38)42-21-7-10-25-47(42)55-41-19-5-2-6-20-41/h1-35,55H. The predicted octanol–water partition coefficient (Wildman–Crippen LogP) is 15.1. The first-order valence-corrected chi connectivity index (χ1v) is 19.4. The fourth-order valence-electron chi connectivity index (χ4n) is 8.60. The lowest BCUT2D eigenvalue weighted by molar-refractivity contribution is 0.666. The zero-order chi connectivity index (χ0) is 37.7. The van der Waals surface area contributed by atoms with Gasteiger partial charge in [0.05, 0.1) is 16.7 Å². The van der Waals surface area contributed by atoms with E-state index in [-0.39, 0.29) is 0 Å². The zero-order valence-electron chi connectivity index (χ0n) is 31.1. The maximum atomic E-state index is 6.87. The van der Waals surface area contributed by atoms with Crippen LogP contribution in [0.4, 0.5) is 11.4 Å². The van der Waals surface area contributed by atoms with Crippen LogP contribution in [0.1, 0.15) is 0 Å². The summed E-state index contributed by atoms with van der Waals surface area (Å²) < 4.78 is 9.27. The highest BCUT2D eigenvalue weighted by molar-refractivity contribution is 6.19. The number of hydrogen-bond acceptors (Lipinski definition) is 2. The molecular weight excluding hydrogens is 693 g/mol. The van der Waals surface area contributed by atoms with Crippen LogP contribution >= 0.6 is 0 Å². The van der Waals surface area contributed by atoms with Crippen LogP contribution in [0.25, 0.3) is 93.9 Å². The quantitative estimate of drug-likeness (QED) is 0.177.